The summed E-state index contributed by atoms with van der Waals surface area (Å²) >= 11 is 0. The second-order valence-corrected chi connectivity index (χ2v) is 4.59. The number of rotatable bonds is 5. The number of hydrogen-bond donors (Lipinski definition) is 2. The Labute approximate surface area is 102 Å². The Hall–Kier alpha value is -1.52. The van der Waals surface area contributed by atoms with Gasteiger partial charge in [-0.25, -0.2) is 0 Å². The molecule has 0 aliphatic heterocycles. The molecule has 1 aliphatic rings. The Morgan fingerprint density at radius 1 is 1.59 bits per heavy atom. The van der Waals surface area contributed by atoms with Crippen molar-refractivity contribution in [1.82, 2.24) is 20.4 Å². The fraction of sp³-hybridized carbons (Fsp3) is 0.667. The Kier molecular flexibility index (Phi) is 4.01. The lowest BCUT2D eigenvalue weighted by Crippen LogP contribution is -2.39. The van der Waals surface area contributed by atoms with E-state index in [1.165, 1.54) is 6.42 Å². The van der Waals surface area contributed by atoms with Crippen LogP contribution in [0.1, 0.15) is 19.8 Å². The zero-order valence-corrected chi connectivity index (χ0v) is 10.6. The zero-order valence-electron chi connectivity index (χ0n) is 10.6. The van der Waals surface area contributed by atoms with E-state index in [4.69, 9.17) is 0 Å². The van der Waals surface area contributed by atoms with Crippen molar-refractivity contribution >= 4 is 5.96 Å². The summed E-state index contributed by atoms with van der Waals surface area (Å²) in [6.45, 7) is 4.11. The van der Waals surface area contributed by atoms with Gasteiger partial charge in [-0.2, -0.15) is 5.10 Å². The van der Waals surface area contributed by atoms with Crippen molar-refractivity contribution in [2.45, 2.75) is 32.4 Å². The average Bonchev–Trinajstić information content (AvgIpc) is 2.83. The van der Waals surface area contributed by atoms with E-state index in [1.54, 1.807) is 0 Å². The van der Waals surface area contributed by atoms with Gasteiger partial charge in [0.2, 0.25) is 0 Å². The molecule has 17 heavy (non-hydrogen) atoms. The predicted molar refractivity (Wildman–Crippen MR) is 68.9 cm³/mol. The van der Waals surface area contributed by atoms with Gasteiger partial charge in [-0.05, 0) is 24.8 Å². The summed E-state index contributed by atoms with van der Waals surface area (Å²) in [5.74, 6) is 1.71. The summed E-state index contributed by atoms with van der Waals surface area (Å²) in [5, 5.41) is 10.9. The highest BCUT2D eigenvalue weighted by Crippen LogP contribution is 2.28. The van der Waals surface area contributed by atoms with E-state index in [0.29, 0.717) is 6.04 Å². The number of guanidine groups is 1. The number of nitrogens with one attached hydrogen (secondary N) is 2. The summed E-state index contributed by atoms with van der Waals surface area (Å²) in [6, 6.07) is 2.56. The van der Waals surface area contributed by atoms with Crippen LogP contribution in [0, 0.1) is 5.92 Å². The second-order valence-electron chi connectivity index (χ2n) is 4.59. The maximum absolute atomic E-state index is 4.21. The van der Waals surface area contributed by atoms with Gasteiger partial charge in [0.15, 0.2) is 5.96 Å². The first kappa shape index (κ1) is 12.0. The van der Waals surface area contributed by atoms with Crippen LogP contribution in [0.2, 0.25) is 0 Å². The molecule has 0 spiro atoms. The fourth-order valence-electron chi connectivity index (χ4n) is 1.77. The molecule has 5 heteroatoms. The topological polar surface area (TPSA) is 54.2 Å². The highest BCUT2D eigenvalue weighted by atomic mass is 15.3. The first-order chi connectivity index (χ1) is 8.29. The molecule has 5 nitrogen and oxygen atoms in total. The quantitative estimate of drug-likeness (QED) is 0.452. The van der Waals surface area contributed by atoms with Crippen LogP contribution in [0.5, 0.6) is 0 Å². The lowest BCUT2D eigenvalue weighted by Gasteiger charge is -2.11. The van der Waals surface area contributed by atoms with Crippen LogP contribution >= 0.6 is 0 Å². The zero-order chi connectivity index (χ0) is 12.1. The van der Waals surface area contributed by atoms with Crippen molar-refractivity contribution in [1.29, 1.82) is 0 Å². The Morgan fingerprint density at radius 2 is 2.41 bits per heavy atom. The molecule has 0 bridgehead atoms. The van der Waals surface area contributed by atoms with E-state index < -0.39 is 0 Å². The van der Waals surface area contributed by atoms with Crippen molar-refractivity contribution in [3.63, 3.8) is 0 Å². The maximum Gasteiger partial charge on any atom is 0.191 e. The molecule has 2 rings (SSSR count). The molecule has 2 atom stereocenters. The normalized spacial score (nSPS) is 23.5. The third-order valence-electron chi connectivity index (χ3n) is 3.07. The van der Waals surface area contributed by atoms with Crippen LogP contribution in [0.4, 0.5) is 0 Å². The number of aliphatic imine (C=N–C) groups is 1. The molecule has 1 fully saturated rings. The van der Waals surface area contributed by atoms with Crippen LogP contribution in [0.15, 0.2) is 23.5 Å². The number of hydrogen-bond acceptors (Lipinski definition) is 2. The van der Waals surface area contributed by atoms with E-state index in [-0.39, 0.29) is 0 Å². The van der Waals surface area contributed by atoms with Gasteiger partial charge >= 0.3 is 0 Å². The second kappa shape index (κ2) is 5.70. The standard InChI is InChI=1S/C12H21N5/c1-10-9-11(10)16-12(13-2)14-5-3-7-17-8-4-6-15-17/h4,6,8,10-11H,3,5,7,9H2,1-2H3,(H2,13,14,16). The summed E-state index contributed by atoms with van der Waals surface area (Å²) in [7, 11) is 1.82. The first-order valence-corrected chi connectivity index (χ1v) is 6.24. The summed E-state index contributed by atoms with van der Waals surface area (Å²) < 4.78 is 1.95. The van der Waals surface area contributed by atoms with Crippen molar-refractivity contribution in [2.24, 2.45) is 10.9 Å². The lowest BCUT2D eigenvalue weighted by atomic mass is 10.4. The van der Waals surface area contributed by atoms with Gasteiger partial charge in [0.25, 0.3) is 0 Å². The Morgan fingerprint density at radius 3 is 3.00 bits per heavy atom. The monoisotopic (exact) mass is 235 g/mol. The summed E-state index contributed by atoms with van der Waals surface area (Å²) in [6.07, 6.45) is 6.10. The van der Waals surface area contributed by atoms with E-state index in [2.05, 4.69) is 27.6 Å². The molecule has 1 aromatic rings. The van der Waals surface area contributed by atoms with E-state index in [1.807, 2.05) is 30.2 Å². The van der Waals surface area contributed by atoms with Gasteiger partial charge in [-0.3, -0.25) is 9.67 Å². The lowest BCUT2D eigenvalue weighted by molar-refractivity contribution is 0.569. The van der Waals surface area contributed by atoms with Crippen LogP contribution in [0.3, 0.4) is 0 Å². The van der Waals surface area contributed by atoms with Gasteiger partial charge in [-0.15, -0.1) is 0 Å². The molecule has 1 aromatic heterocycles. The Bertz CT molecular complexity index is 357. The molecule has 1 aliphatic carbocycles. The first-order valence-electron chi connectivity index (χ1n) is 6.24. The summed E-state index contributed by atoms with van der Waals surface area (Å²) in [5.41, 5.74) is 0. The molecule has 94 valence electrons. The molecular formula is C12H21N5. The summed E-state index contributed by atoms with van der Waals surface area (Å²) in [4.78, 5) is 4.21. The smallest absolute Gasteiger partial charge is 0.191 e. The van der Waals surface area contributed by atoms with Crippen LogP contribution in [-0.2, 0) is 6.54 Å². The molecule has 1 heterocycles. The molecular weight excluding hydrogens is 214 g/mol. The number of aryl methyl sites for hydroxylation is 1. The minimum Gasteiger partial charge on any atom is -0.356 e. The highest BCUT2D eigenvalue weighted by Gasteiger charge is 2.32. The van der Waals surface area contributed by atoms with Gasteiger partial charge in [0, 0.05) is 38.6 Å². The van der Waals surface area contributed by atoms with Crippen LogP contribution < -0.4 is 10.6 Å². The number of aromatic nitrogens is 2. The van der Waals surface area contributed by atoms with Gasteiger partial charge in [0.1, 0.15) is 0 Å². The molecule has 0 radical (unpaired) electrons. The van der Waals surface area contributed by atoms with Gasteiger partial charge in [0.05, 0.1) is 0 Å². The molecule has 2 N–H and O–H groups in total. The fourth-order valence-corrected chi connectivity index (χ4v) is 1.77. The average molecular weight is 235 g/mol. The van der Waals surface area contributed by atoms with Crippen molar-refractivity contribution in [3.05, 3.63) is 18.5 Å². The van der Waals surface area contributed by atoms with E-state index in [0.717, 1.165) is 31.4 Å². The molecule has 0 aromatic carbocycles. The van der Waals surface area contributed by atoms with Crippen molar-refractivity contribution < 1.29 is 0 Å². The van der Waals surface area contributed by atoms with E-state index in [9.17, 15) is 0 Å². The molecule has 1 saturated carbocycles. The maximum atomic E-state index is 4.21. The van der Waals surface area contributed by atoms with Crippen molar-refractivity contribution in [3.8, 4) is 0 Å². The predicted octanol–water partition coefficient (Wildman–Crippen LogP) is 0.847. The molecule has 0 saturated heterocycles. The highest BCUT2D eigenvalue weighted by molar-refractivity contribution is 5.80. The van der Waals surface area contributed by atoms with Crippen LogP contribution in [0.25, 0.3) is 0 Å². The van der Waals surface area contributed by atoms with Gasteiger partial charge < -0.3 is 10.6 Å². The third kappa shape index (κ3) is 3.76. The molecule has 0 amide bonds. The van der Waals surface area contributed by atoms with Gasteiger partial charge in [-0.1, -0.05) is 6.92 Å². The molecule has 2 unspecified atom stereocenters. The largest absolute Gasteiger partial charge is 0.356 e. The van der Waals surface area contributed by atoms with E-state index >= 15 is 0 Å². The Balaban J connectivity index is 1.60. The minimum atomic E-state index is 0.618. The third-order valence-corrected chi connectivity index (χ3v) is 3.07. The minimum absolute atomic E-state index is 0.618. The SMILES string of the molecule is CN=C(NCCCn1cccn1)NC1CC1C. The van der Waals surface area contributed by atoms with Crippen LogP contribution in [-0.4, -0.2) is 35.4 Å². The van der Waals surface area contributed by atoms with Crippen molar-refractivity contribution in [2.75, 3.05) is 13.6 Å². The number of nitrogens with zero attached hydrogens (tertiary/aromatic N) is 3.